The van der Waals surface area contributed by atoms with Gasteiger partial charge in [-0.2, -0.15) is 0 Å². The van der Waals surface area contributed by atoms with Crippen LogP contribution in [0, 0.1) is 0 Å². The van der Waals surface area contributed by atoms with Crippen molar-refractivity contribution in [2.45, 2.75) is 13.3 Å². The molecule has 0 aliphatic rings. The average molecular weight is 308 g/mol. The summed E-state index contributed by atoms with van der Waals surface area (Å²) >= 11 is 0. The zero-order chi connectivity index (χ0) is 16.5. The van der Waals surface area contributed by atoms with Gasteiger partial charge in [-0.3, -0.25) is 9.59 Å². The molecule has 4 heteroatoms. The topological polar surface area (TPSA) is 58.2 Å². The van der Waals surface area contributed by atoms with Crippen molar-refractivity contribution < 1.29 is 9.59 Å². The molecule has 2 aromatic carbocycles. The summed E-state index contributed by atoms with van der Waals surface area (Å²) in [7, 11) is 0. The molecule has 0 fully saturated rings. The Morgan fingerprint density at radius 1 is 0.957 bits per heavy atom. The molecule has 0 aromatic heterocycles. The third-order valence-electron chi connectivity index (χ3n) is 3.17. The summed E-state index contributed by atoms with van der Waals surface area (Å²) < 4.78 is 0. The lowest BCUT2D eigenvalue weighted by molar-refractivity contribution is -0.117. The number of rotatable bonds is 6. The van der Waals surface area contributed by atoms with E-state index in [1.54, 1.807) is 30.3 Å². The molecule has 2 aromatic rings. The van der Waals surface area contributed by atoms with E-state index in [2.05, 4.69) is 10.6 Å². The molecule has 2 rings (SSSR count). The molecule has 0 unspecified atom stereocenters. The van der Waals surface area contributed by atoms with Gasteiger partial charge in [-0.1, -0.05) is 55.5 Å². The standard InChI is InChI=1S/C19H20N2O2/c1-2-13-20-19(23)17(14-15-9-5-3-6-10-15)21-18(22)16-11-7-4-8-12-16/h3-12,14H,2,13H2,1H3,(H,20,23)(H,21,22)/b17-14+. The first kappa shape index (κ1) is 16.5. The van der Waals surface area contributed by atoms with Crippen molar-refractivity contribution in [1.82, 2.24) is 10.6 Å². The second kappa shape index (κ2) is 8.54. The molecule has 0 heterocycles. The summed E-state index contributed by atoms with van der Waals surface area (Å²) in [5.41, 5.74) is 1.59. The summed E-state index contributed by atoms with van der Waals surface area (Å²) in [6.07, 6.45) is 2.50. The molecule has 0 aliphatic heterocycles. The summed E-state index contributed by atoms with van der Waals surface area (Å²) in [6.45, 7) is 2.54. The van der Waals surface area contributed by atoms with Crippen molar-refractivity contribution in [3.05, 3.63) is 77.5 Å². The van der Waals surface area contributed by atoms with Crippen molar-refractivity contribution in [2.75, 3.05) is 6.54 Å². The lowest BCUT2D eigenvalue weighted by atomic mass is 10.1. The lowest BCUT2D eigenvalue weighted by Gasteiger charge is -2.10. The maximum atomic E-state index is 12.3. The Balaban J connectivity index is 2.21. The van der Waals surface area contributed by atoms with Crippen LogP contribution in [0.5, 0.6) is 0 Å². The van der Waals surface area contributed by atoms with Crippen LogP contribution in [0.2, 0.25) is 0 Å². The highest BCUT2D eigenvalue weighted by molar-refractivity contribution is 6.05. The fraction of sp³-hybridized carbons (Fsp3) is 0.158. The van der Waals surface area contributed by atoms with Gasteiger partial charge < -0.3 is 10.6 Å². The van der Waals surface area contributed by atoms with Crippen molar-refractivity contribution in [1.29, 1.82) is 0 Å². The van der Waals surface area contributed by atoms with Crippen LogP contribution in [0.3, 0.4) is 0 Å². The molecule has 0 saturated carbocycles. The van der Waals surface area contributed by atoms with Gasteiger partial charge in [0.25, 0.3) is 11.8 Å². The zero-order valence-corrected chi connectivity index (χ0v) is 13.1. The molecule has 2 N–H and O–H groups in total. The number of hydrogen-bond acceptors (Lipinski definition) is 2. The van der Waals surface area contributed by atoms with Gasteiger partial charge in [-0.15, -0.1) is 0 Å². The Bertz CT molecular complexity index is 679. The van der Waals surface area contributed by atoms with E-state index in [0.717, 1.165) is 12.0 Å². The largest absolute Gasteiger partial charge is 0.351 e. The zero-order valence-electron chi connectivity index (χ0n) is 13.1. The van der Waals surface area contributed by atoms with Gasteiger partial charge >= 0.3 is 0 Å². The van der Waals surface area contributed by atoms with Gasteiger partial charge in [0.1, 0.15) is 5.70 Å². The Hall–Kier alpha value is -2.88. The number of hydrogen-bond donors (Lipinski definition) is 2. The first-order valence-electron chi connectivity index (χ1n) is 7.62. The smallest absolute Gasteiger partial charge is 0.267 e. The predicted octanol–water partition coefficient (Wildman–Crippen LogP) is 2.98. The molecule has 0 saturated heterocycles. The van der Waals surface area contributed by atoms with Crippen LogP contribution in [0.1, 0.15) is 29.3 Å². The first-order valence-corrected chi connectivity index (χ1v) is 7.62. The van der Waals surface area contributed by atoms with Crippen molar-refractivity contribution in [2.24, 2.45) is 0 Å². The molecule has 118 valence electrons. The van der Waals surface area contributed by atoms with E-state index in [4.69, 9.17) is 0 Å². The lowest BCUT2D eigenvalue weighted by Crippen LogP contribution is -2.35. The number of amides is 2. The van der Waals surface area contributed by atoms with Crippen LogP contribution in [-0.2, 0) is 4.79 Å². The highest BCUT2D eigenvalue weighted by Gasteiger charge is 2.13. The molecule has 0 bridgehead atoms. The molecule has 0 radical (unpaired) electrons. The number of nitrogens with one attached hydrogen (secondary N) is 2. The second-order valence-electron chi connectivity index (χ2n) is 5.04. The Morgan fingerprint density at radius 2 is 1.57 bits per heavy atom. The Kier molecular flexibility index (Phi) is 6.12. The van der Waals surface area contributed by atoms with Crippen LogP contribution in [-0.4, -0.2) is 18.4 Å². The van der Waals surface area contributed by atoms with Gasteiger partial charge in [0.05, 0.1) is 0 Å². The molecule has 4 nitrogen and oxygen atoms in total. The molecule has 23 heavy (non-hydrogen) atoms. The first-order chi connectivity index (χ1) is 11.2. The minimum absolute atomic E-state index is 0.235. The van der Waals surface area contributed by atoms with Crippen molar-refractivity contribution >= 4 is 17.9 Å². The van der Waals surface area contributed by atoms with Crippen LogP contribution in [0.15, 0.2) is 66.4 Å². The number of benzene rings is 2. The van der Waals surface area contributed by atoms with Crippen LogP contribution >= 0.6 is 0 Å². The molecule has 0 atom stereocenters. The minimum Gasteiger partial charge on any atom is -0.351 e. The quantitative estimate of drug-likeness (QED) is 0.806. The summed E-state index contributed by atoms with van der Waals surface area (Å²) in [5.74, 6) is -0.598. The van der Waals surface area contributed by atoms with E-state index in [0.29, 0.717) is 12.1 Å². The van der Waals surface area contributed by atoms with E-state index in [-0.39, 0.29) is 17.5 Å². The van der Waals surface area contributed by atoms with Crippen LogP contribution in [0.4, 0.5) is 0 Å². The van der Waals surface area contributed by atoms with Gasteiger partial charge in [-0.05, 0) is 30.2 Å². The number of carbonyl (C=O) groups is 2. The summed E-state index contributed by atoms with van der Waals surface area (Å²) in [4.78, 5) is 24.6. The van der Waals surface area contributed by atoms with E-state index in [9.17, 15) is 9.59 Å². The molecule has 0 spiro atoms. The fourth-order valence-electron chi connectivity index (χ4n) is 1.99. The van der Waals surface area contributed by atoms with Crippen molar-refractivity contribution in [3.8, 4) is 0 Å². The van der Waals surface area contributed by atoms with Crippen molar-refractivity contribution in [3.63, 3.8) is 0 Å². The molecule has 2 amide bonds. The van der Waals surface area contributed by atoms with E-state index >= 15 is 0 Å². The van der Waals surface area contributed by atoms with E-state index in [1.807, 2.05) is 43.3 Å². The molecule has 0 aliphatic carbocycles. The van der Waals surface area contributed by atoms with Gasteiger partial charge in [0.2, 0.25) is 0 Å². The molecular formula is C19H20N2O2. The third kappa shape index (κ3) is 5.11. The van der Waals surface area contributed by atoms with E-state index < -0.39 is 0 Å². The minimum atomic E-state index is -0.306. The Morgan fingerprint density at radius 3 is 2.17 bits per heavy atom. The monoisotopic (exact) mass is 308 g/mol. The average Bonchev–Trinajstić information content (AvgIpc) is 2.60. The third-order valence-corrected chi connectivity index (χ3v) is 3.17. The second-order valence-corrected chi connectivity index (χ2v) is 5.04. The highest BCUT2D eigenvalue weighted by atomic mass is 16.2. The van der Waals surface area contributed by atoms with Gasteiger partial charge in [0.15, 0.2) is 0 Å². The maximum Gasteiger partial charge on any atom is 0.267 e. The SMILES string of the molecule is CCCNC(=O)/C(=C\c1ccccc1)NC(=O)c1ccccc1. The molecular weight excluding hydrogens is 288 g/mol. The highest BCUT2D eigenvalue weighted by Crippen LogP contribution is 2.07. The maximum absolute atomic E-state index is 12.3. The normalized spacial score (nSPS) is 10.9. The van der Waals surface area contributed by atoms with Crippen LogP contribution < -0.4 is 10.6 Å². The summed E-state index contributed by atoms with van der Waals surface area (Å²) in [5, 5.41) is 5.49. The summed E-state index contributed by atoms with van der Waals surface area (Å²) in [6, 6.07) is 18.2. The van der Waals surface area contributed by atoms with E-state index in [1.165, 1.54) is 0 Å². The van der Waals surface area contributed by atoms with Crippen LogP contribution in [0.25, 0.3) is 6.08 Å². The predicted molar refractivity (Wildman–Crippen MR) is 91.6 cm³/mol. The van der Waals surface area contributed by atoms with Gasteiger partial charge in [0, 0.05) is 12.1 Å². The Labute approximate surface area is 136 Å². The van der Waals surface area contributed by atoms with Gasteiger partial charge in [-0.25, -0.2) is 0 Å². The fourth-order valence-corrected chi connectivity index (χ4v) is 1.99. The number of carbonyl (C=O) groups excluding carboxylic acids is 2.